The van der Waals surface area contributed by atoms with Crippen molar-refractivity contribution in [1.82, 2.24) is 0 Å². The molecule has 0 spiro atoms. The largest absolute Gasteiger partial charge is 0.393 e. The van der Waals surface area contributed by atoms with Crippen LogP contribution in [0.25, 0.3) is 0 Å². The molecule has 1 saturated carbocycles. The van der Waals surface area contributed by atoms with E-state index in [1.54, 1.807) is 12.1 Å². The third-order valence-corrected chi connectivity index (χ3v) is 4.56. The molecule has 1 radical (unpaired) electrons. The second-order valence-electron chi connectivity index (χ2n) is 6.18. The standard InChI is InChI=1S/C16H20FO5/c17-16(21)14(8-18)22-9-13(19)15(16,20)7-10-1-3-11(4-2-10)12-5-6-12/h1-4,9,12-14,18-21H,5-8H2/t13-,14+,15+,16+/m0/s1. The highest BCUT2D eigenvalue weighted by molar-refractivity contribution is 5.30. The molecular formula is C16H20FO5. The van der Waals surface area contributed by atoms with Gasteiger partial charge in [0.05, 0.1) is 6.61 Å². The zero-order chi connectivity index (χ0) is 16.0. The number of hydrogen-bond donors (Lipinski definition) is 4. The number of rotatable bonds is 4. The summed E-state index contributed by atoms with van der Waals surface area (Å²) in [6.45, 7) is 0.0205. The number of aliphatic hydroxyl groups excluding tert-OH is 2. The van der Waals surface area contributed by atoms with E-state index in [1.165, 1.54) is 5.56 Å². The number of alkyl halides is 1. The Morgan fingerprint density at radius 2 is 1.82 bits per heavy atom. The maximum absolute atomic E-state index is 14.6. The fourth-order valence-electron chi connectivity index (χ4n) is 2.89. The van der Waals surface area contributed by atoms with E-state index in [-0.39, 0.29) is 6.42 Å². The van der Waals surface area contributed by atoms with E-state index in [0.29, 0.717) is 11.5 Å². The highest BCUT2D eigenvalue weighted by atomic mass is 19.2. The summed E-state index contributed by atoms with van der Waals surface area (Å²) in [5.74, 6) is -2.69. The molecular weight excluding hydrogens is 291 g/mol. The Balaban J connectivity index is 1.83. The van der Waals surface area contributed by atoms with Gasteiger partial charge >= 0.3 is 0 Å². The van der Waals surface area contributed by atoms with Crippen molar-refractivity contribution in [2.75, 3.05) is 6.61 Å². The molecule has 1 aromatic rings. The molecule has 2 fully saturated rings. The first-order chi connectivity index (χ1) is 10.4. The molecule has 1 aliphatic carbocycles. The Bertz CT molecular complexity index is 528. The Morgan fingerprint density at radius 1 is 1.18 bits per heavy atom. The van der Waals surface area contributed by atoms with Gasteiger partial charge in [0.25, 0.3) is 5.85 Å². The molecule has 0 bridgehead atoms. The molecule has 1 heterocycles. The molecule has 121 valence electrons. The highest BCUT2D eigenvalue weighted by Crippen LogP contribution is 2.42. The molecule has 5 nitrogen and oxygen atoms in total. The van der Waals surface area contributed by atoms with Crippen molar-refractivity contribution in [3.63, 3.8) is 0 Å². The van der Waals surface area contributed by atoms with Crippen LogP contribution in [0.3, 0.4) is 0 Å². The predicted molar refractivity (Wildman–Crippen MR) is 75.4 cm³/mol. The summed E-state index contributed by atoms with van der Waals surface area (Å²) in [5.41, 5.74) is -0.715. The number of aliphatic hydroxyl groups is 4. The number of hydrogen-bond acceptors (Lipinski definition) is 5. The summed E-state index contributed by atoms with van der Waals surface area (Å²) in [7, 11) is 0. The van der Waals surface area contributed by atoms with Crippen molar-refractivity contribution in [2.45, 2.75) is 48.8 Å². The summed E-state index contributed by atoms with van der Waals surface area (Å²) >= 11 is 0. The zero-order valence-corrected chi connectivity index (χ0v) is 12.0. The molecule has 4 atom stereocenters. The molecule has 1 aliphatic heterocycles. The second-order valence-corrected chi connectivity index (χ2v) is 6.18. The first kappa shape index (κ1) is 15.8. The molecule has 3 rings (SSSR count). The minimum atomic E-state index is -3.27. The van der Waals surface area contributed by atoms with Gasteiger partial charge < -0.3 is 25.2 Å². The topological polar surface area (TPSA) is 90.2 Å². The molecule has 1 aromatic carbocycles. The normalized spacial score (nSPS) is 39.0. The quantitative estimate of drug-likeness (QED) is 0.647. The van der Waals surface area contributed by atoms with Gasteiger partial charge in [-0.3, -0.25) is 0 Å². The van der Waals surface area contributed by atoms with Crippen LogP contribution >= 0.6 is 0 Å². The van der Waals surface area contributed by atoms with Crippen LogP contribution in [0, 0.1) is 6.61 Å². The average molecular weight is 311 g/mol. The minimum Gasteiger partial charge on any atom is -0.393 e. The van der Waals surface area contributed by atoms with Crippen molar-refractivity contribution < 1.29 is 29.6 Å². The molecule has 2 aliphatic rings. The van der Waals surface area contributed by atoms with Gasteiger partial charge in [0, 0.05) is 6.42 Å². The monoisotopic (exact) mass is 311 g/mol. The van der Waals surface area contributed by atoms with Crippen LogP contribution < -0.4 is 0 Å². The second kappa shape index (κ2) is 5.54. The third kappa shape index (κ3) is 2.55. The summed E-state index contributed by atoms with van der Waals surface area (Å²) in [6, 6.07) is 7.31. The van der Waals surface area contributed by atoms with E-state index in [1.807, 2.05) is 12.1 Å². The number of halogens is 1. The Kier molecular flexibility index (Phi) is 3.99. The Hall–Kier alpha value is -1.05. The van der Waals surface area contributed by atoms with Crippen LogP contribution in [0.4, 0.5) is 4.39 Å². The molecule has 4 N–H and O–H groups in total. The molecule has 0 aromatic heterocycles. The van der Waals surface area contributed by atoms with Crippen molar-refractivity contribution >= 4 is 0 Å². The lowest BCUT2D eigenvalue weighted by Crippen LogP contribution is -2.69. The summed E-state index contributed by atoms with van der Waals surface area (Å²) < 4.78 is 19.3. The van der Waals surface area contributed by atoms with Crippen LogP contribution in [0.1, 0.15) is 29.9 Å². The van der Waals surface area contributed by atoms with Crippen LogP contribution in [0.15, 0.2) is 24.3 Å². The maximum atomic E-state index is 14.6. The van der Waals surface area contributed by atoms with Crippen LogP contribution in [0.5, 0.6) is 0 Å². The van der Waals surface area contributed by atoms with Crippen molar-refractivity contribution in [3.05, 3.63) is 42.0 Å². The number of benzene rings is 1. The van der Waals surface area contributed by atoms with Crippen molar-refractivity contribution in [3.8, 4) is 0 Å². The lowest BCUT2D eigenvalue weighted by atomic mass is 9.78. The van der Waals surface area contributed by atoms with Crippen molar-refractivity contribution in [1.29, 1.82) is 0 Å². The van der Waals surface area contributed by atoms with Crippen LogP contribution in [-0.2, 0) is 11.2 Å². The molecule has 1 saturated heterocycles. The lowest BCUT2D eigenvalue weighted by Gasteiger charge is -2.47. The fraction of sp³-hybridized carbons (Fsp3) is 0.562. The Morgan fingerprint density at radius 3 is 2.36 bits per heavy atom. The van der Waals surface area contributed by atoms with E-state index >= 15 is 0 Å². The van der Waals surface area contributed by atoms with Crippen LogP contribution in [0.2, 0.25) is 0 Å². The summed E-state index contributed by atoms with van der Waals surface area (Å²) in [4.78, 5) is 0. The molecule has 6 heteroatoms. The minimum absolute atomic E-state index is 0.303. The highest BCUT2D eigenvalue weighted by Gasteiger charge is 2.63. The van der Waals surface area contributed by atoms with Gasteiger partial charge in [0.2, 0.25) is 0 Å². The van der Waals surface area contributed by atoms with Gasteiger partial charge in [-0.25, -0.2) is 4.39 Å². The maximum Gasteiger partial charge on any atom is 0.267 e. The van der Waals surface area contributed by atoms with Gasteiger partial charge in [-0.05, 0) is 29.9 Å². The Labute approximate surface area is 128 Å². The van der Waals surface area contributed by atoms with Gasteiger partial charge in [-0.15, -0.1) is 0 Å². The molecule has 0 unspecified atom stereocenters. The van der Waals surface area contributed by atoms with E-state index in [4.69, 9.17) is 9.84 Å². The van der Waals surface area contributed by atoms with Crippen LogP contribution in [-0.4, -0.2) is 50.7 Å². The van der Waals surface area contributed by atoms with E-state index < -0.39 is 30.3 Å². The molecule has 0 amide bonds. The first-order valence-electron chi connectivity index (χ1n) is 7.38. The fourth-order valence-corrected chi connectivity index (χ4v) is 2.89. The third-order valence-electron chi connectivity index (χ3n) is 4.56. The SMILES string of the molecule is OC[C@H]1O[CH][C@H](O)[C@](O)(Cc2ccc(C3CC3)cc2)[C@@]1(O)F. The van der Waals surface area contributed by atoms with E-state index in [0.717, 1.165) is 19.4 Å². The summed E-state index contributed by atoms with van der Waals surface area (Å²) in [6.07, 6.45) is -1.34. The first-order valence-corrected chi connectivity index (χ1v) is 7.38. The lowest BCUT2D eigenvalue weighted by molar-refractivity contribution is -0.333. The van der Waals surface area contributed by atoms with Gasteiger partial charge in [-0.2, -0.15) is 0 Å². The van der Waals surface area contributed by atoms with E-state index in [9.17, 15) is 19.7 Å². The predicted octanol–water partition coefficient (Wildman–Crippen LogP) is 0.409. The smallest absolute Gasteiger partial charge is 0.267 e. The van der Waals surface area contributed by atoms with Crippen molar-refractivity contribution in [2.24, 2.45) is 0 Å². The van der Waals surface area contributed by atoms with E-state index in [2.05, 4.69) is 0 Å². The molecule has 22 heavy (non-hydrogen) atoms. The van der Waals surface area contributed by atoms with Gasteiger partial charge in [0.1, 0.15) is 18.8 Å². The number of ether oxygens (including phenoxy) is 1. The van der Waals surface area contributed by atoms with Gasteiger partial charge in [-0.1, -0.05) is 24.3 Å². The zero-order valence-electron chi connectivity index (χ0n) is 12.0. The van der Waals surface area contributed by atoms with Gasteiger partial charge in [0.15, 0.2) is 5.60 Å². The summed E-state index contributed by atoms with van der Waals surface area (Å²) in [5, 5.41) is 39.4. The average Bonchev–Trinajstić information content (AvgIpc) is 3.31.